The van der Waals surface area contributed by atoms with Crippen LogP contribution in [-0.4, -0.2) is 31.2 Å². The minimum absolute atomic E-state index is 0.0203. The minimum Gasteiger partial charge on any atom is -0.308 e. The average Bonchev–Trinajstić information content (AvgIpc) is 3.14. The molecule has 0 saturated carbocycles. The number of amides is 1. The number of carbonyl (C=O) groups is 1. The van der Waals surface area contributed by atoms with Gasteiger partial charge >= 0.3 is 0 Å². The third-order valence-corrected chi connectivity index (χ3v) is 8.48. The summed E-state index contributed by atoms with van der Waals surface area (Å²) in [4.78, 5) is 15.5. The third kappa shape index (κ3) is 4.45. The Bertz CT molecular complexity index is 1270. The molecule has 0 spiro atoms. The first-order valence-corrected chi connectivity index (χ1v) is 12.7. The predicted molar refractivity (Wildman–Crippen MR) is 132 cm³/mol. The zero-order valence-corrected chi connectivity index (χ0v) is 20.3. The number of carbonyl (C=O) groups excluding carboxylic acids is 1. The molecule has 33 heavy (non-hydrogen) atoms. The number of nitrogens with zero attached hydrogens (tertiary/aromatic N) is 2. The molecule has 1 heterocycles. The van der Waals surface area contributed by atoms with Gasteiger partial charge in [0.25, 0.3) is 0 Å². The second-order valence-electron chi connectivity index (χ2n) is 8.83. The van der Waals surface area contributed by atoms with Crippen LogP contribution >= 0.6 is 0 Å². The molecule has 0 N–H and O–H groups in total. The fourth-order valence-corrected chi connectivity index (χ4v) is 6.15. The second kappa shape index (κ2) is 9.12. The standard InChI is InChI=1S/C27H30N2O3S/c1-19-14-15-25(16-20(19)2)33(31,32)28(22(4)23-10-6-5-7-11-23)18-27(30)29-21(3)17-24-12-8-9-13-26(24)29/h5-16,21-22H,17-18H2,1-4H3/t21-,22+/m0/s1. The van der Waals surface area contributed by atoms with Gasteiger partial charge in [0.15, 0.2) is 0 Å². The number of hydrogen-bond acceptors (Lipinski definition) is 3. The van der Waals surface area contributed by atoms with Gasteiger partial charge in [-0.1, -0.05) is 54.6 Å². The number of fused-ring (bicyclic) bond motifs is 1. The Labute approximate surface area is 196 Å². The summed E-state index contributed by atoms with van der Waals surface area (Å²) in [5, 5.41) is 0. The van der Waals surface area contributed by atoms with Crippen LogP contribution in [0.2, 0.25) is 0 Å². The summed E-state index contributed by atoms with van der Waals surface area (Å²) in [7, 11) is -3.92. The van der Waals surface area contributed by atoms with Gasteiger partial charge in [-0.2, -0.15) is 4.31 Å². The first-order valence-electron chi connectivity index (χ1n) is 11.2. The molecule has 0 radical (unpaired) electrons. The summed E-state index contributed by atoms with van der Waals surface area (Å²) >= 11 is 0. The smallest absolute Gasteiger partial charge is 0.244 e. The maximum absolute atomic E-state index is 13.8. The Hall–Kier alpha value is -2.96. The number of benzene rings is 3. The van der Waals surface area contributed by atoms with E-state index in [1.54, 1.807) is 17.0 Å². The van der Waals surface area contributed by atoms with Gasteiger partial charge < -0.3 is 4.90 Å². The average molecular weight is 463 g/mol. The molecule has 0 fully saturated rings. The van der Waals surface area contributed by atoms with Crippen molar-refractivity contribution in [3.8, 4) is 0 Å². The van der Waals surface area contributed by atoms with Gasteiger partial charge in [-0.25, -0.2) is 8.42 Å². The van der Waals surface area contributed by atoms with E-state index in [-0.39, 0.29) is 23.4 Å². The highest BCUT2D eigenvalue weighted by Gasteiger charge is 2.37. The Morgan fingerprint density at radius 3 is 2.36 bits per heavy atom. The van der Waals surface area contributed by atoms with Crippen LogP contribution in [0.5, 0.6) is 0 Å². The topological polar surface area (TPSA) is 57.7 Å². The maximum atomic E-state index is 13.8. The molecule has 0 saturated heterocycles. The Kier molecular flexibility index (Phi) is 6.41. The SMILES string of the molecule is Cc1ccc(S(=O)(=O)N(CC(=O)N2c3ccccc3C[C@@H]2C)[C@H](C)c2ccccc2)cc1C. The molecule has 5 nitrogen and oxygen atoms in total. The van der Waals surface area contributed by atoms with E-state index < -0.39 is 16.1 Å². The molecule has 1 aliphatic heterocycles. The molecule has 1 amide bonds. The second-order valence-corrected chi connectivity index (χ2v) is 10.7. The summed E-state index contributed by atoms with van der Waals surface area (Å²) in [5.41, 5.74) is 4.74. The largest absolute Gasteiger partial charge is 0.308 e. The summed E-state index contributed by atoms with van der Waals surface area (Å²) in [5.74, 6) is -0.220. The van der Waals surface area contributed by atoms with Crippen LogP contribution in [0.25, 0.3) is 0 Å². The molecule has 3 aromatic carbocycles. The summed E-state index contributed by atoms with van der Waals surface area (Å²) in [6.07, 6.45) is 0.764. The number of sulfonamides is 1. The first kappa shape index (κ1) is 23.2. The lowest BCUT2D eigenvalue weighted by Crippen LogP contribution is -2.45. The molecular weight excluding hydrogens is 432 g/mol. The summed E-state index contributed by atoms with van der Waals surface area (Å²) in [6, 6.07) is 21.9. The van der Waals surface area contributed by atoms with Crippen LogP contribution in [0.15, 0.2) is 77.7 Å². The van der Waals surface area contributed by atoms with Crippen molar-refractivity contribution in [1.29, 1.82) is 0 Å². The van der Waals surface area contributed by atoms with Gasteiger partial charge in [0.2, 0.25) is 15.9 Å². The van der Waals surface area contributed by atoms with E-state index in [2.05, 4.69) is 0 Å². The lowest BCUT2D eigenvalue weighted by atomic mass is 10.1. The van der Waals surface area contributed by atoms with Crippen molar-refractivity contribution in [3.63, 3.8) is 0 Å². The lowest BCUT2D eigenvalue weighted by Gasteiger charge is -2.31. The molecule has 0 aromatic heterocycles. The van der Waals surface area contributed by atoms with Crippen molar-refractivity contribution in [1.82, 2.24) is 4.31 Å². The van der Waals surface area contributed by atoms with Crippen LogP contribution < -0.4 is 4.90 Å². The van der Waals surface area contributed by atoms with E-state index in [0.717, 1.165) is 34.4 Å². The van der Waals surface area contributed by atoms with Gasteiger partial charge in [0, 0.05) is 17.8 Å². The quantitative estimate of drug-likeness (QED) is 0.516. The summed E-state index contributed by atoms with van der Waals surface area (Å²) in [6.45, 7) is 7.45. The van der Waals surface area contributed by atoms with E-state index in [1.807, 2.05) is 88.4 Å². The fourth-order valence-electron chi connectivity index (χ4n) is 4.49. The Morgan fingerprint density at radius 1 is 1.00 bits per heavy atom. The number of anilines is 1. The number of para-hydroxylation sites is 1. The van der Waals surface area contributed by atoms with Gasteiger partial charge in [-0.3, -0.25) is 4.79 Å². The third-order valence-electron chi connectivity index (χ3n) is 6.57. The maximum Gasteiger partial charge on any atom is 0.244 e. The van der Waals surface area contributed by atoms with Crippen LogP contribution in [0.4, 0.5) is 5.69 Å². The molecule has 0 aliphatic carbocycles. The van der Waals surface area contributed by atoms with Gasteiger partial charge in [0.1, 0.15) is 0 Å². The molecular formula is C27H30N2O3S. The van der Waals surface area contributed by atoms with Crippen molar-refractivity contribution in [3.05, 3.63) is 95.1 Å². The first-order chi connectivity index (χ1) is 15.7. The van der Waals surface area contributed by atoms with Crippen molar-refractivity contribution >= 4 is 21.6 Å². The molecule has 172 valence electrons. The molecule has 6 heteroatoms. The molecule has 0 bridgehead atoms. The molecule has 3 aromatic rings. The van der Waals surface area contributed by atoms with E-state index in [0.29, 0.717) is 0 Å². The number of hydrogen-bond donors (Lipinski definition) is 0. The number of aryl methyl sites for hydroxylation is 2. The zero-order valence-electron chi connectivity index (χ0n) is 19.5. The van der Waals surface area contributed by atoms with Crippen molar-refractivity contribution in [2.75, 3.05) is 11.4 Å². The minimum atomic E-state index is -3.92. The van der Waals surface area contributed by atoms with E-state index >= 15 is 0 Å². The van der Waals surface area contributed by atoms with Crippen molar-refractivity contribution in [2.45, 2.75) is 51.1 Å². The van der Waals surface area contributed by atoms with E-state index in [4.69, 9.17) is 0 Å². The molecule has 2 atom stereocenters. The highest BCUT2D eigenvalue weighted by atomic mass is 32.2. The monoisotopic (exact) mass is 462 g/mol. The van der Waals surface area contributed by atoms with Crippen LogP contribution in [0, 0.1) is 13.8 Å². The highest BCUT2D eigenvalue weighted by Crippen LogP contribution is 2.34. The summed E-state index contributed by atoms with van der Waals surface area (Å²) < 4.78 is 29.0. The van der Waals surface area contributed by atoms with Gasteiger partial charge in [-0.15, -0.1) is 0 Å². The van der Waals surface area contributed by atoms with Crippen LogP contribution in [-0.2, 0) is 21.2 Å². The Balaban J connectivity index is 1.73. The van der Waals surface area contributed by atoms with E-state index in [1.165, 1.54) is 4.31 Å². The number of rotatable bonds is 6. The van der Waals surface area contributed by atoms with E-state index in [9.17, 15) is 13.2 Å². The van der Waals surface area contributed by atoms with Crippen molar-refractivity contribution < 1.29 is 13.2 Å². The van der Waals surface area contributed by atoms with Gasteiger partial charge in [0.05, 0.1) is 11.4 Å². The predicted octanol–water partition coefficient (Wildman–Crippen LogP) is 5.03. The normalized spacial score (nSPS) is 16.6. The molecule has 4 rings (SSSR count). The highest BCUT2D eigenvalue weighted by molar-refractivity contribution is 7.89. The fraction of sp³-hybridized carbons (Fsp3) is 0.296. The van der Waals surface area contributed by atoms with Crippen LogP contribution in [0.1, 0.15) is 42.1 Å². The molecule has 0 unspecified atom stereocenters. The Morgan fingerprint density at radius 2 is 1.67 bits per heavy atom. The lowest BCUT2D eigenvalue weighted by molar-refractivity contribution is -0.119. The zero-order chi connectivity index (χ0) is 23.8. The van der Waals surface area contributed by atoms with Gasteiger partial charge in [-0.05, 0) is 74.6 Å². The van der Waals surface area contributed by atoms with Crippen molar-refractivity contribution in [2.24, 2.45) is 0 Å². The van der Waals surface area contributed by atoms with Crippen LogP contribution in [0.3, 0.4) is 0 Å². The molecule has 1 aliphatic rings.